The summed E-state index contributed by atoms with van der Waals surface area (Å²) in [5, 5.41) is 12.5. The zero-order valence-electron chi connectivity index (χ0n) is 18.0. The Labute approximate surface area is 183 Å². The number of aliphatic carboxylic acids is 1. The van der Waals surface area contributed by atoms with Crippen LogP contribution in [0.1, 0.15) is 50.3 Å². The van der Waals surface area contributed by atoms with Crippen molar-refractivity contribution >= 4 is 23.4 Å². The maximum Gasteiger partial charge on any atom is 0.304 e. The van der Waals surface area contributed by atoms with Crippen molar-refractivity contribution in [2.45, 2.75) is 45.6 Å². The van der Waals surface area contributed by atoms with Crippen LogP contribution in [0.3, 0.4) is 0 Å². The van der Waals surface area contributed by atoms with Crippen molar-refractivity contribution in [2.24, 2.45) is 0 Å². The van der Waals surface area contributed by atoms with Crippen LogP contribution in [-0.4, -0.2) is 32.6 Å². The molecule has 0 fully saturated rings. The fraction of sp³-hybridized carbons (Fsp3) is 0.333. The number of pyridine rings is 1. The Balaban J connectivity index is 1.77. The van der Waals surface area contributed by atoms with Crippen molar-refractivity contribution < 1.29 is 9.90 Å². The topological polar surface area (TPSA) is 91.2 Å². The lowest BCUT2D eigenvalue weighted by molar-refractivity contribution is -0.137. The van der Waals surface area contributed by atoms with Gasteiger partial charge in [0.2, 0.25) is 5.95 Å². The van der Waals surface area contributed by atoms with Crippen molar-refractivity contribution in [1.29, 1.82) is 0 Å². The van der Waals surface area contributed by atoms with Gasteiger partial charge in [0.1, 0.15) is 5.82 Å². The van der Waals surface area contributed by atoms with Gasteiger partial charge in [0.15, 0.2) is 0 Å². The number of anilines is 3. The highest BCUT2D eigenvalue weighted by molar-refractivity contribution is 5.68. The highest BCUT2D eigenvalue weighted by Gasteiger charge is 2.18. The molecule has 0 saturated heterocycles. The molecule has 1 atom stereocenters. The summed E-state index contributed by atoms with van der Waals surface area (Å²) in [4.78, 5) is 26.7. The first-order chi connectivity index (χ1) is 15.1. The Bertz CT molecular complexity index is 963. The zero-order chi connectivity index (χ0) is 22.1. The summed E-state index contributed by atoms with van der Waals surface area (Å²) >= 11 is 0. The van der Waals surface area contributed by atoms with Gasteiger partial charge in [0, 0.05) is 42.8 Å². The highest BCUT2D eigenvalue weighted by Crippen LogP contribution is 2.27. The van der Waals surface area contributed by atoms with Crippen LogP contribution in [0.15, 0.2) is 60.9 Å². The van der Waals surface area contributed by atoms with Crippen molar-refractivity contribution in [2.75, 3.05) is 16.8 Å². The zero-order valence-corrected chi connectivity index (χ0v) is 18.0. The minimum absolute atomic E-state index is 0.0682. The third kappa shape index (κ3) is 6.25. The molecule has 31 heavy (non-hydrogen) atoms. The maximum absolute atomic E-state index is 11.2. The van der Waals surface area contributed by atoms with Gasteiger partial charge in [-0.1, -0.05) is 32.0 Å². The Hall–Kier alpha value is -3.48. The van der Waals surface area contributed by atoms with Crippen LogP contribution >= 0.6 is 0 Å². The molecular formula is C24H29N5O2. The Morgan fingerprint density at radius 3 is 2.52 bits per heavy atom. The minimum atomic E-state index is -0.813. The van der Waals surface area contributed by atoms with Crippen LogP contribution in [0.4, 0.5) is 17.5 Å². The SMILES string of the molecule is CCCN(c1ccc(CNc2ccccn2)cc1)c1nccc(C(CC)CC(=O)O)n1. The maximum atomic E-state index is 11.2. The average molecular weight is 420 g/mol. The van der Waals surface area contributed by atoms with E-state index in [1.54, 1.807) is 12.4 Å². The van der Waals surface area contributed by atoms with Gasteiger partial charge >= 0.3 is 5.97 Å². The lowest BCUT2D eigenvalue weighted by atomic mass is 9.98. The second kappa shape index (κ2) is 11.1. The van der Waals surface area contributed by atoms with E-state index >= 15 is 0 Å². The monoisotopic (exact) mass is 419 g/mol. The number of rotatable bonds is 11. The van der Waals surface area contributed by atoms with Crippen LogP contribution in [0.5, 0.6) is 0 Å². The van der Waals surface area contributed by atoms with E-state index in [-0.39, 0.29) is 12.3 Å². The summed E-state index contributed by atoms with van der Waals surface area (Å²) in [5.41, 5.74) is 2.92. The number of hydrogen-bond acceptors (Lipinski definition) is 6. The molecule has 1 unspecified atom stereocenters. The lowest BCUT2D eigenvalue weighted by Gasteiger charge is -2.23. The summed E-state index contributed by atoms with van der Waals surface area (Å²) in [6.07, 6.45) is 5.20. The molecule has 0 aliphatic rings. The van der Waals surface area contributed by atoms with E-state index in [1.807, 2.05) is 31.2 Å². The lowest BCUT2D eigenvalue weighted by Crippen LogP contribution is -2.21. The third-order valence-electron chi connectivity index (χ3n) is 5.07. The smallest absolute Gasteiger partial charge is 0.304 e. The summed E-state index contributed by atoms with van der Waals surface area (Å²) < 4.78 is 0. The molecule has 0 aliphatic heterocycles. The van der Waals surface area contributed by atoms with Gasteiger partial charge in [0.25, 0.3) is 0 Å². The first-order valence-electron chi connectivity index (χ1n) is 10.7. The van der Waals surface area contributed by atoms with Gasteiger partial charge in [-0.2, -0.15) is 0 Å². The van der Waals surface area contributed by atoms with E-state index in [9.17, 15) is 9.90 Å². The van der Waals surface area contributed by atoms with Crippen LogP contribution in [0.2, 0.25) is 0 Å². The van der Waals surface area contributed by atoms with Crippen LogP contribution in [-0.2, 0) is 11.3 Å². The van der Waals surface area contributed by atoms with Crippen molar-refractivity contribution in [1.82, 2.24) is 15.0 Å². The summed E-state index contributed by atoms with van der Waals surface area (Å²) in [7, 11) is 0. The third-order valence-corrected chi connectivity index (χ3v) is 5.07. The number of carboxylic acids is 1. The molecule has 0 amide bonds. The fourth-order valence-corrected chi connectivity index (χ4v) is 3.41. The molecule has 3 rings (SSSR count). The van der Waals surface area contributed by atoms with Gasteiger partial charge in [-0.25, -0.2) is 15.0 Å². The quantitative estimate of drug-likeness (QED) is 0.452. The molecule has 3 aromatic rings. The van der Waals surface area contributed by atoms with Gasteiger partial charge in [0.05, 0.1) is 6.42 Å². The molecule has 0 spiro atoms. The van der Waals surface area contributed by atoms with Gasteiger partial charge in [-0.05, 0) is 48.7 Å². The highest BCUT2D eigenvalue weighted by atomic mass is 16.4. The predicted octanol–water partition coefficient (Wildman–Crippen LogP) is 5.00. The van der Waals surface area contributed by atoms with E-state index in [0.29, 0.717) is 18.9 Å². The van der Waals surface area contributed by atoms with Crippen LogP contribution in [0.25, 0.3) is 0 Å². The second-order valence-corrected chi connectivity index (χ2v) is 7.37. The number of aromatic nitrogens is 3. The molecule has 1 aromatic carbocycles. The normalized spacial score (nSPS) is 11.7. The molecule has 0 bridgehead atoms. The Morgan fingerprint density at radius 1 is 1.06 bits per heavy atom. The fourth-order valence-electron chi connectivity index (χ4n) is 3.41. The summed E-state index contributed by atoms with van der Waals surface area (Å²) in [5.74, 6) is 0.508. The number of benzene rings is 1. The van der Waals surface area contributed by atoms with Crippen LogP contribution < -0.4 is 10.2 Å². The molecule has 0 saturated carbocycles. The number of nitrogens with one attached hydrogen (secondary N) is 1. The van der Waals surface area contributed by atoms with E-state index in [0.717, 1.165) is 35.7 Å². The second-order valence-electron chi connectivity index (χ2n) is 7.37. The molecule has 2 N–H and O–H groups in total. The van der Waals surface area contributed by atoms with Crippen molar-refractivity contribution in [3.05, 3.63) is 72.2 Å². The molecule has 162 valence electrons. The Morgan fingerprint density at radius 2 is 1.87 bits per heavy atom. The van der Waals surface area contributed by atoms with E-state index in [4.69, 9.17) is 4.98 Å². The minimum Gasteiger partial charge on any atom is -0.481 e. The van der Waals surface area contributed by atoms with Gasteiger partial charge in [-0.15, -0.1) is 0 Å². The largest absolute Gasteiger partial charge is 0.481 e. The van der Waals surface area contributed by atoms with E-state index in [1.165, 1.54) is 0 Å². The summed E-state index contributed by atoms with van der Waals surface area (Å²) in [6.45, 7) is 5.55. The first-order valence-corrected chi connectivity index (χ1v) is 10.7. The molecule has 7 nitrogen and oxygen atoms in total. The molecule has 7 heteroatoms. The average Bonchev–Trinajstić information content (AvgIpc) is 2.81. The molecule has 2 heterocycles. The molecule has 0 aliphatic carbocycles. The number of nitrogens with zero attached hydrogens (tertiary/aromatic N) is 4. The van der Waals surface area contributed by atoms with Crippen molar-refractivity contribution in [3.63, 3.8) is 0 Å². The van der Waals surface area contributed by atoms with Crippen LogP contribution in [0, 0.1) is 0 Å². The summed E-state index contributed by atoms with van der Waals surface area (Å²) in [6, 6.07) is 15.9. The first kappa shape index (κ1) is 22.2. The molecule has 2 aromatic heterocycles. The van der Waals surface area contributed by atoms with Gasteiger partial charge < -0.3 is 15.3 Å². The number of carbonyl (C=O) groups is 1. The van der Waals surface area contributed by atoms with Crippen molar-refractivity contribution in [3.8, 4) is 0 Å². The van der Waals surface area contributed by atoms with E-state index < -0.39 is 5.97 Å². The standard InChI is InChI=1S/C24H29N5O2/c1-3-15-29(24-26-14-12-21(28-24)19(4-2)16-23(30)31)20-10-8-18(9-11-20)17-27-22-7-5-6-13-25-22/h5-14,19H,3-4,15-17H2,1-2H3,(H,25,27)(H,30,31). The van der Waals surface area contributed by atoms with Gasteiger partial charge in [-0.3, -0.25) is 4.79 Å². The predicted molar refractivity (Wildman–Crippen MR) is 123 cm³/mol. The molecular weight excluding hydrogens is 390 g/mol. The Kier molecular flexibility index (Phi) is 7.92. The molecule has 0 radical (unpaired) electrons. The number of hydrogen-bond donors (Lipinski definition) is 2. The number of carboxylic acid groups (broad SMARTS) is 1. The van der Waals surface area contributed by atoms with E-state index in [2.05, 4.69) is 51.4 Å².